The molecular formula is C15H17ClFN3. The summed E-state index contributed by atoms with van der Waals surface area (Å²) in [6, 6.07) is 8.28. The number of anilines is 1. The molecule has 1 heterocycles. The molecule has 0 fully saturated rings. The number of hydrogen-bond acceptors (Lipinski definition) is 3. The van der Waals surface area contributed by atoms with Crippen LogP contribution < -0.4 is 5.32 Å². The predicted octanol–water partition coefficient (Wildman–Crippen LogP) is 4.05. The summed E-state index contributed by atoms with van der Waals surface area (Å²) in [6.07, 6.45) is 0.719. The summed E-state index contributed by atoms with van der Waals surface area (Å²) in [6.45, 7) is 4.69. The van der Waals surface area contributed by atoms with Gasteiger partial charge in [0.25, 0.3) is 0 Å². The first-order valence-corrected chi connectivity index (χ1v) is 6.95. The third kappa shape index (κ3) is 4.17. The van der Waals surface area contributed by atoms with Gasteiger partial charge in [-0.1, -0.05) is 37.6 Å². The largest absolute Gasteiger partial charge is 0.370 e. The van der Waals surface area contributed by atoms with Crippen molar-refractivity contribution in [2.75, 3.05) is 11.9 Å². The van der Waals surface area contributed by atoms with Crippen LogP contribution in [-0.4, -0.2) is 16.5 Å². The number of aromatic nitrogens is 2. The predicted molar refractivity (Wildman–Crippen MR) is 79.7 cm³/mol. The second-order valence-corrected chi connectivity index (χ2v) is 5.28. The monoisotopic (exact) mass is 293 g/mol. The molecule has 0 aliphatic rings. The van der Waals surface area contributed by atoms with Crippen LogP contribution in [0.1, 0.15) is 31.2 Å². The van der Waals surface area contributed by atoms with Crippen molar-refractivity contribution < 1.29 is 4.39 Å². The van der Waals surface area contributed by atoms with Crippen LogP contribution in [0, 0.1) is 5.82 Å². The topological polar surface area (TPSA) is 37.8 Å². The molecule has 20 heavy (non-hydrogen) atoms. The van der Waals surface area contributed by atoms with Crippen LogP contribution in [0.2, 0.25) is 5.15 Å². The van der Waals surface area contributed by atoms with Gasteiger partial charge in [-0.25, -0.2) is 14.4 Å². The quantitative estimate of drug-likeness (QED) is 0.845. The molecule has 0 aliphatic heterocycles. The summed E-state index contributed by atoms with van der Waals surface area (Å²) in [4.78, 5) is 8.58. The molecule has 0 saturated heterocycles. The Labute approximate surface area is 123 Å². The zero-order valence-electron chi connectivity index (χ0n) is 11.5. The fraction of sp³-hybridized carbons (Fsp3) is 0.333. The van der Waals surface area contributed by atoms with Crippen molar-refractivity contribution in [3.63, 3.8) is 0 Å². The molecule has 0 unspecified atom stereocenters. The first-order chi connectivity index (χ1) is 9.54. The number of nitrogens with zero attached hydrogens (tertiary/aromatic N) is 2. The van der Waals surface area contributed by atoms with Crippen molar-refractivity contribution in [1.29, 1.82) is 0 Å². The summed E-state index contributed by atoms with van der Waals surface area (Å²) in [5, 5.41) is 3.62. The van der Waals surface area contributed by atoms with Crippen LogP contribution in [0.5, 0.6) is 0 Å². The maximum atomic E-state index is 13.1. The highest BCUT2D eigenvalue weighted by Crippen LogP contribution is 2.17. The highest BCUT2D eigenvalue weighted by Gasteiger charge is 2.06. The molecule has 1 N–H and O–H groups in total. The molecule has 3 nitrogen and oxygen atoms in total. The molecule has 0 bridgehead atoms. The zero-order valence-corrected chi connectivity index (χ0v) is 12.3. The molecule has 1 aromatic heterocycles. The molecule has 106 valence electrons. The van der Waals surface area contributed by atoms with Crippen LogP contribution in [0.4, 0.5) is 10.2 Å². The van der Waals surface area contributed by atoms with E-state index in [0.717, 1.165) is 12.0 Å². The highest BCUT2D eigenvalue weighted by molar-refractivity contribution is 6.29. The van der Waals surface area contributed by atoms with E-state index in [-0.39, 0.29) is 11.7 Å². The van der Waals surface area contributed by atoms with Gasteiger partial charge >= 0.3 is 0 Å². The fourth-order valence-corrected chi connectivity index (χ4v) is 2.00. The lowest BCUT2D eigenvalue weighted by atomic mass is 10.1. The van der Waals surface area contributed by atoms with Crippen molar-refractivity contribution in [1.82, 2.24) is 9.97 Å². The minimum atomic E-state index is -0.213. The minimum Gasteiger partial charge on any atom is -0.370 e. The Hall–Kier alpha value is -1.68. The van der Waals surface area contributed by atoms with Crippen LogP contribution >= 0.6 is 11.6 Å². The van der Waals surface area contributed by atoms with Crippen molar-refractivity contribution in [2.45, 2.75) is 26.2 Å². The third-order valence-corrected chi connectivity index (χ3v) is 3.03. The molecule has 0 atom stereocenters. The molecule has 0 saturated carbocycles. The van der Waals surface area contributed by atoms with Gasteiger partial charge in [-0.05, 0) is 24.1 Å². The smallest absolute Gasteiger partial charge is 0.135 e. The Balaban J connectivity index is 1.97. The van der Waals surface area contributed by atoms with Crippen LogP contribution in [0.15, 0.2) is 30.3 Å². The molecule has 5 heteroatoms. The van der Waals surface area contributed by atoms with Gasteiger partial charge in [0.1, 0.15) is 22.6 Å². The van der Waals surface area contributed by atoms with Crippen molar-refractivity contribution in [3.05, 3.63) is 52.7 Å². The zero-order chi connectivity index (χ0) is 14.5. The molecule has 0 amide bonds. The number of nitrogens with one attached hydrogen (secondary N) is 1. The molecular weight excluding hydrogens is 277 g/mol. The minimum absolute atomic E-state index is 0.213. The van der Waals surface area contributed by atoms with E-state index < -0.39 is 0 Å². The maximum Gasteiger partial charge on any atom is 0.135 e. The molecule has 0 spiro atoms. The lowest BCUT2D eigenvalue weighted by Gasteiger charge is -2.09. The van der Waals surface area contributed by atoms with Gasteiger partial charge in [0.15, 0.2) is 0 Å². The van der Waals surface area contributed by atoms with Crippen molar-refractivity contribution >= 4 is 17.4 Å². The van der Waals surface area contributed by atoms with Gasteiger partial charge in [0.05, 0.1) is 0 Å². The number of benzene rings is 1. The van der Waals surface area contributed by atoms with Crippen LogP contribution in [0.3, 0.4) is 0 Å². The van der Waals surface area contributed by atoms with E-state index in [0.29, 0.717) is 23.3 Å². The van der Waals surface area contributed by atoms with Crippen LogP contribution in [0.25, 0.3) is 0 Å². The molecule has 2 rings (SSSR count). The van der Waals surface area contributed by atoms with Crippen LogP contribution in [-0.2, 0) is 6.42 Å². The Bertz CT molecular complexity index is 587. The Morgan fingerprint density at radius 3 is 2.75 bits per heavy atom. The molecule has 2 aromatic rings. The van der Waals surface area contributed by atoms with Gasteiger partial charge < -0.3 is 5.32 Å². The van der Waals surface area contributed by atoms with E-state index in [9.17, 15) is 4.39 Å². The third-order valence-electron chi connectivity index (χ3n) is 2.84. The summed E-state index contributed by atoms with van der Waals surface area (Å²) in [7, 11) is 0. The maximum absolute atomic E-state index is 13.1. The number of halogens is 2. The first-order valence-electron chi connectivity index (χ1n) is 6.57. The average molecular weight is 294 g/mol. The van der Waals surface area contributed by atoms with Gasteiger partial charge in [-0.2, -0.15) is 0 Å². The summed E-state index contributed by atoms with van der Waals surface area (Å²) in [5.74, 6) is 1.42. The van der Waals surface area contributed by atoms with Gasteiger partial charge in [0, 0.05) is 18.5 Å². The summed E-state index contributed by atoms with van der Waals surface area (Å²) >= 11 is 5.97. The van der Waals surface area contributed by atoms with Crippen molar-refractivity contribution in [2.24, 2.45) is 0 Å². The van der Waals surface area contributed by atoms with E-state index in [1.165, 1.54) is 12.1 Å². The van der Waals surface area contributed by atoms with Gasteiger partial charge in [-0.15, -0.1) is 0 Å². The summed E-state index contributed by atoms with van der Waals surface area (Å²) in [5.41, 5.74) is 0.946. The van der Waals surface area contributed by atoms with Gasteiger partial charge in [0.2, 0.25) is 0 Å². The standard InChI is InChI=1S/C15H17ClFN3/c1-10(2)15-19-13(16)9-14(20-15)18-7-6-11-4-3-5-12(17)8-11/h3-5,8-10H,6-7H2,1-2H3,(H,18,19,20). The second kappa shape index (κ2) is 6.66. The summed E-state index contributed by atoms with van der Waals surface area (Å²) < 4.78 is 13.1. The Morgan fingerprint density at radius 2 is 2.05 bits per heavy atom. The van der Waals surface area contributed by atoms with E-state index >= 15 is 0 Å². The first kappa shape index (κ1) is 14.7. The highest BCUT2D eigenvalue weighted by atomic mass is 35.5. The Kier molecular flexibility index (Phi) is 4.90. The second-order valence-electron chi connectivity index (χ2n) is 4.90. The van der Waals surface area contributed by atoms with Gasteiger partial charge in [-0.3, -0.25) is 0 Å². The molecule has 1 aromatic carbocycles. The fourth-order valence-electron chi connectivity index (χ4n) is 1.81. The number of rotatable bonds is 5. The lowest BCUT2D eigenvalue weighted by molar-refractivity contribution is 0.625. The normalized spacial score (nSPS) is 10.8. The molecule has 0 aliphatic carbocycles. The van der Waals surface area contributed by atoms with E-state index in [1.54, 1.807) is 12.1 Å². The lowest BCUT2D eigenvalue weighted by Crippen LogP contribution is -2.09. The SMILES string of the molecule is CC(C)c1nc(Cl)cc(NCCc2cccc(F)c2)n1. The average Bonchev–Trinajstić information content (AvgIpc) is 2.38. The Morgan fingerprint density at radius 1 is 1.25 bits per heavy atom. The van der Waals surface area contributed by atoms with E-state index in [1.807, 2.05) is 19.9 Å². The van der Waals surface area contributed by atoms with E-state index in [2.05, 4.69) is 15.3 Å². The van der Waals surface area contributed by atoms with E-state index in [4.69, 9.17) is 11.6 Å². The molecule has 0 radical (unpaired) electrons. The van der Waals surface area contributed by atoms with Crippen molar-refractivity contribution in [3.8, 4) is 0 Å². The number of hydrogen-bond donors (Lipinski definition) is 1.